The Morgan fingerprint density at radius 1 is 1.11 bits per heavy atom. The third kappa shape index (κ3) is 4.17. The molecule has 3 aromatic rings. The lowest BCUT2D eigenvalue weighted by atomic mass is 10.2. The molecule has 4 rings (SSSR count). The minimum absolute atomic E-state index is 0.606. The molecule has 0 bridgehead atoms. The van der Waals surface area contributed by atoms with E-state index in [9.17, 15) is 0 Å². The number of morpholine rings is 1. The van der Waals surface area contributed by atoms with E-state index in [0.717, 1.165) is 61.9 Å². The SMILES string of the molecule is Cc1ccc(Nc2nc(NCCN3CCOCC3)nc3c2cnn3C)cc1. The van der Waals surface area contributed by atoms with Gasteiger partial charge in [0.2, 0.25) is 5.95 Å². The van der Waals surface area contributed by atoms with E-state index < -0.39 is 0 Å². The molecule has 0 saturated carbocycles. The molecule has 2 aromatic heterocycles. The van der Waals surface area contributed by atoms with Crippen LogP contribution in [0.1, 0.15) is 5.56 Å². The lowest BCUT2D eigenvalue weighted by Gasteiger charge is -2.26. The molecule has 0 aliphatic carbocycles. The van der Waals surface area contributed by atoms with E-state index in [4.69, 9.17) is 4.74 Å². The molecule has 2 N–H and O–H groups in total. The smallest absolute Gasteiger partial charge is 0.226 e. The summed E-state index contributed by atoms with van der Waals surface area (Å²) in [6.07, 6.45) is 1.80. The number of rotatable bonds is 6. The summed E-state index contributed by atoms with van der Waals surface area (Å²) in [5.41, 5.74) is 3.01. The Morgan fingerprint density at radius 2 is 1.89 bits per heavy atom. The second-order valence-corrected chi connectivity index (χ2v) is 6.77. The molecule has 142 valence electrons. The number of anilines is 3. The molecule has 8 heteroatoms. The van der Waals surface area contributed by atoms with Gasteiger partial charge in [-0.2, -0.15) is 15.1 Å². The number of ether oxygens (including phenoxy) is 1. The van der Waals surface area contributed by atoms with Crippen LogP contribution in [0.4, 0.5) is 17.5 Å². The molecule has 1 fully saturated rings. The van der Waals surface area contributed by atoms with Crippen LogP contribution < -0.4 is 10.6 Å². The van der Waals surface area contributed by atoms with Gasteiger partial charge in [-0.25, -0.2) is 0 Å². The monoisotopic (exact) mass is 367 g/mol. The molecule has 1 aliphatic heterocycles. The van der Waals surface area contributed by atoms with Crippen LogP contribution in [-0.4, -0.2) is 64.0 Å². The summed E-state index contributed by atoms with van der Waals surface area (Å²) in [5.74, 6) is 1.36. The highest BCUT2D eigenvalue weighted by atomic mass is 16.5. The van der Waals surface area contributed by atoms with E-state index in [1.165, 1.54) is 5.56 Å². The van der Waals surface area contributed by atoms with E-state index in [-0.39, 0.29) is 0 Å². The van der Waals surface area contributed by atoms with Gasteiger partial charge >= 0.3 is 0 Å². The van der Waals surface area contributed by atoms with Crippen LogP contribution in [0.5, 0.6) is 0 Å². The summed E-state index contributed by atoms with van der Waals surface area (Å²) in [4.78, 5) is 11.7. The van der Waals surface area contributed by atoms with Crippen molar-refractivity contribution >= 4 is 28.5 Å². The molecule has 3 heterocycles. The Morgan fingerprint density at radius 3 is 2.67 bits per heavy atom. The third-order valence-corrected chi connectivity index (χ3v) is 4.72. The second-order valence-electron chi connectivity index (χ2n) is 6.77. The van der Waals surface area contributed by atoms with Crippen molar-refractivity contribution in [3.8, 4) is 0 Å². The van der Waals surface area contributed by atoms with Gasteiger partial charge in [-0.05, 0) is 19.1 Å². The first-order valence-corrected chi connectivity index (χ1v) is 9.26. The van der Waals surface area contributed by atoms with Gasteiger partial charge in [0.05, 0.1) is 24.8 Å². The summed E-state index contributed by atoms with van der Waals surface area (Å²) in [6, 6.07) is 8.24. The van der Waals surface area contributed by atoms with Crippen molar-refractivity contribution in [2.75, 3.05) is 50.0 Å². The van der Waals surface area contributed by atoms with E-state index >= 15 is 0 Å². The highest BCUT2D eigenvalue weighted by Gasteiger charge is 2.13. The number of hydrogen-bond donors (Lipinski definition) is 2. The lowest BCUT2D eigenvalue weighted by molar-refractivity contribution is 0.0398. The van der Waals surface area contributed by atoms with Gasteiger partial charge in [0.1, 0.15) is 5.82 Å². The maximum absolute atomic E-state index is 5.39. The Kier molecular flexibility index (Phi) is 5.17. The third-order valence-electron chi connectivity index (χ3n) is 4.72. The molecule has 27 heavy (non-hydrogen) atoms. The van der Waals surface area contributed by atoms with Crippen LogP contribution in [0.3, 0.4) is 0 Å². The molecule has 0 atom stereocenters. The Balaban J connectivity index is 1.52. The van der Waals surface area contributed by atoms with Crippen molar-refractivity contribution in [3.63, 3.8) is 0 Å². The highest BCUT2D eigenvalue weighted by Crippen LogP contribution is 2.25. The van der Waals surface area contributed by atoms with Gasteiger partial charge < -0.3 is 15.4 Å². The number of nitrogens with one attached hydrogen (secondary N) is 2. The molecule has 1 aromatic carbocycles. The zero-order valence-corrected chi connectivity index (χ0v) is 15.8. The first-order valence-electron chi connectivity index (χ1n) is 9.26. The highest BCUT2D eigenvalue weighted by molar-refractivity contribution is 5.89. The normalized spacial score (nSPS) is 15.2. The van der Waals surface area contributed by atoms with E-state index in [2.05, 4.69) is 49.7 Å². The van der Waals surface area contributed by atoms with Crippen molar-refractivity contribution in [2.24, 2.45) is 7.05 Å². The predicted molar refractivity (Wildman–Crippen MR) is 107 cm³/mol. The van der Waals surface area contributed by atoms with Crippen LogP contribution in [0.15, 0.2) is 30.5 Å². The van der Waals surface area contributed by atoms with E-state index in [1.807, 2.05) is 19.2 Å². The van der Waals surface area contributed by atoms with Crippen molar-refractivity contribution in [2.45, 2.75) is 6.92 Å². The zero-order chi connectivity index (χ0) is 18.6. The minimum atomic E-state index is 0.606. The summed E-state index contributed by atoms with van der Waals surface area (Å²) in [5, 5.41) is 12.0. The molecule has 0 amide bonds. The van der Waals surface area contributed by atoms with E-state index in [1.54, 1.807) is 10.9 Å². The second kappa shape index (κ2) is 7.89. The number of aromatic nitrogens is 4. The van der Waals surface area contributed by atoms with Gasteiger partial charge in [0.15, 0.2) is 5.65 Å². The van der Waals surface area contributed by atoms with Gasteiger partial charge in [-0.1, -0.05) is 17.7 Å². The van der Waals surface area contributed by atoms with Crippen LogP contribution in [0.2, 0.25) is 0 Å². The van der Waals surface area contributed by atoms with Crippen LogP contribution in [0.25, 0.3) is 11.0 Å². The maximum Gasteiger partial charge on any atom is 0.226 e. The fourth-order valence-electron chi connectivity index (χ4n) is 3.12. The zero-order valence-electron chi connectivity index (χ0n) is 15.8. The molecule has 1 aliphatic rings. The first kappa shape index (κ1) is 17.7. The molecule has 0 spiro atoms. The van der Waals surface area contributed by atoms with Crippen LogP contribution in [0, 0.1) is 6.92 Å². The van der Waals surface area contributed by atoms with Crippen LogP contribution >= 0.6 is 0 Å². The molecule has 8 nitrogen and oxygen atoms in total. The number of aryl methyl sites for hydroxylation is 2. The number of fused-ring (bicyclic) bond motifs is 1. The molecule has 0 unspecified atom stereocenters. The summed E-state index contributed by atoms with van der Waals surface area (Å²) < 4.78 is 7.16. The van der Waals surface area contributed by atoms with Crippen molar-refractivity contribution in [1.82, 2.24) is 24.6 Å². The fraction of sp³-hybridized carbons (Fsp3) is 0.421. The molecular weight excluding hydrogens is 342 g/mol. The largest absolute Gasteiger partial charge is 0.379 e. The van der Waals surface area contributed by atoms with Crippen molar-refractivity contribution in [3.05, 3.63) is 36.0 Å². The van der Waals surface area contributed by atoms with Gasteiger partial charge in [-0.15, -0.1) is 0 Å². The Labute approximate surface area is 158 Å². The van der Waals surface area contributed by atoms with E-state index in [0.29, 0.717) is 5.95 Å². The minimum Gasteiger partial charge on any atom is -0.379 e. The summed E-state index contributed by atoms with van der Waals surface area (Å²) >= 11 is 0. The average Bonchev–Trinajstić information content (AvgIpc) is 3.06. The molecule has 0 radical (unpaired) electrons. The van der Waals surface area contributed by atoms with Gasteiger partial charge in [-0.3, -0.25) is 9.58 Å². The lowest BCUT2D eigenvalue weighted by Crippen LogP contribution is -2.39. The van der Waals surface area contributed by atoms with Gasteiger partial charge in [0, 0.05) is 38.9 Å². The predicted octanol–water partition coefficient (Wildman–Crippen LogP) is 2.16. The molecular formula is C19H25N7O. The fourth-order valence-corrected chi connectivity index (χ4v) is 3.12. The Bertz CT molecular complexity index is 900. The van der Waals surface area contributed by atoms with Crippen molar-refractivity contribution in [1.29, 1.82) is 0 Å². The quantitative estimate of drug-likeness (QED) is 0.691. The van der Waals surface area contributed by atoms with Crippen LogP contribution in [-0.2, 0) is 11.8 Å². The first-order chi connectivity index (χ1) is 13.2. The topological polar surface area (TPSA) is 80.1 Å². The summed E-state index contributed by atoms with van der Waals surface area (Å²) in [7, 11) is 1.89. The average molecular weight is 367 g/mol. The Hall–Kier alpha value is -2.71. The molecule has 1 saturated heterocycles. The van der Waals surface area contributed by atoms with Crippen molar-refractivity contribution < 1.29 is 4.74 Å². The standard InChI is InChI=1S/C19H25N7O/c1-14-3-5-15(6-4-14)22-17-16-13-21-25(2)18(16)24-19(23-17)20-7-8-26-9-11-27-12-10-26/h3-6,13H,7-12H2,1-2H3,(H2,20,22,23,24). The van der Waals surface area contributed by atoms with Gasteiger partial charge in [0.25, 0.3) is 0 Å². The summed E-state index contributed by atoms with van der Waals surface area (Å²) in [6.45, 7) is 7.37. The number of benzene rings is 1. The number of nitrogens with zero attached hydrogens (tertiary/aromatic N) is 5. The maximum atomic E-state index is 5.39. The number of hydrogen-bond acceptors (Lipinski definition) is 7.